The molecular formula is C52H44F9N3. The topological polar surface area (TPSA) is 71.4 Å². The lowest BCUT2D eigenvalue weighted by atomic mass is 10.1. The Morgan fingerprint density at radius 3 is 1.20 bits per heavy atom. The molecule has 0 unspecified atom stereocenters. The van der Waals surface area contributed by atoms with E-state index in [0.717, 1.165) is 39.9 Å². The SMILES string of the molecule is Cc1c(F)cc(F)cc1F.Cc1c(F)cccc1F.Cc1cc(F)cc(F)c1.Cc1ccc(C#N)cc1.Cc1ccc(F)cc1F.Cc1cccc(C#N)c1.Cc1ccccc1C#N. The summed E-state index contributed by atoms with van der Waals surface area (Å²) in [4.78, 5) is 0. The third kappa shape index (κ3) is 21.8. The molecule has 64 heavy (non-hydrogen) atoms. The minimum absolute atomic E-state index is 0.0810. The summed E-state index contributed by atoms with van der Waals surface area (Å²) in [5.41, 5.74) is 6.58. The summed E-state index contributed by atoms with van der Waals surface area (Å²) in [6, 6.07) is 40.8. The lowest BCUT2D eigenvalue weighted by molar-refractivity contribution is 0.532. The van der Waals surface area contributed by atoms with Crippen molar-refractivity contribution in [3.63, 3.8) is 0 Å². The van der Waals surface area contributed by atoms with Crippen molar-refractivity contribution in [2.45, 2.75) is 48.5 Å². The third-order valence-corrected chi connectivity index (χ3v) is 8.18. The minimum Gasteiger partial charge on any atom is -0.207 e. The number of nitriles is 3. The highest BCUT2D eigenvalue weighted by molar-refractivity contribution is 5.36. The standard InChI is InChI=1S/3C8H7N.C7H5F3.3C7H6F2/c1-7-2-4-8(6-9)5-3-7;1-7-3-2-4-8(5-7)6-9;1-7-4-2-3-5-8(7)6-9;1-4-6(9)2-5(8)3-7(4)10;1-5-2-6(8)4-7(9)3-5;1-5-2-3-6(8)4-7(5)9;1-5-6(8)3-2-4-7(5)9/h3*2-5H,1H3;2-3H,1H3;3*2-4H,1H3. The molecule has 0 radical (unpaired) electrons. The number of hydrogen-bond donors (Lipinski definition) is 0. The van der Waals surface area contributed by atoms with Crippen LogP contribution in [0.3, 0.4) is 0 Å². The molecule has 7 aromatic carbocycles. The molecule has 0 aliphatic carbocycles. The van der Waals surface area contributed by atoms with E-state index >= 15 is 0 Å². The van der Waals surface area contributed by atoms with E-state index in [2.05, 4.69) is 18.2 Å². The second-order valence-corrected chi connectivity index (χ2v) is 13.6. The maximum Gasteiger partial charge on any atom is 0.131 e. The van der Waals surface area contributed by atoms with Crippen LogP contribution in [0.4, 0.5) is 39.5 Å². The zero-order chi connectivity index (χ0) is 48.4. The molecule has 0 aromatic heterocycles. The molecule has 0 heterocycles. The second-order valence-electron chi connectivity index (χ2n) is 13.6. The maximum atomic E-state index is 12.4. The van der Waals surface area contributed by atoms with E-state index in [-0.39, 0.29) is 11.1 Å². The Morgan fingerprint density at radius 2 is 0.797 bits per heavy atom. The first kappa shape index (κ1) is 54.4. The van der Waals surface area contributed by atoms with E-state index in [1.165, 1.54) is 61.9 Å². The highest BCUT2D eigenvalue weighted by Crippen LogP contribution is 2.13. The van der Waals surface area contributed by atoms with Crippen LogP contribution in [0.15, 0.2) is 140 Å². The van der Waals surface area contributed by atoms with E-state index in [1.54, 1.807) is 19.9 Å². The Morgan fingerprint density at radius 1 is 0.312 bits per heavy atom. The van der Waals surface area contributed by atoms with Gasteiger partial charge in [-0.3, -0.25) is 0 Å². The third-order valence-electron chi connectivity index (χ3n) is 8.18. The maximum absolute atomic E-state index is 12.4. The largest absolute Gasteiger partial charge is 0.207 e. The molecule has 0 aliphatic rings. The van der Waals surface area contributed by atoms with Gasteiger partial charge in [-0.05, 0) is 131 Å². The van der Waals surface area contributed by atoms with E-state index in [4.69, 9.17) is 15.8 Å². The van der Waals surface area contributed by atoms with Gasteiger partial charge in [0, 0.05) is 35.4 Å². The number of rotatable bonds is 0. The van der Waals surface area contributed by atoms with Crippen molar-refractivity contribution in [1.29, 1.82) is 15.8 Å². The summed E-state index contributed by atoms with van der Waals surface area (Å²) < 4.78 is 110. The first-order valence-corrected chi connectivity index (χ1v) is 19.0. The van der Waals surface area contributed by atoms with E-state index in [1.807, 2.05) is 87.5 Å². The predicted molar refractivity (Wildman–Crippen MR) is 232 cm³/mol. The van der Waals surface area contributed by atoms with E-state index in [0.29, 0.717) is 23.3 Å². The van der Waals surface area contributed by atoms with Gasteiger partial charge in [-0.25, -0.2) is 39.5 Å². The highest BCUT2D eigenvalue weighted by atomic mass is 19.2. The molecule has 3 nitrogen and oxygen atoms in total. The fourth-order valence-electron chi connectivity index (χ4n) is 4.50. The molecular weight excluding hydrogens is 838 g/mol. The Labute approximate surface area is 368 Å². The number of hydrogen-bond acceptors (Lipinski definition) is 3. The first-order chi connectivity index (χ1) is 30.2. The van der Waals surface area contributed by atoms with Crippen molar-refractivity contribution < 1.29 is 39.5 Å². The van der Waals surface area contributed by atoms with Crippen LogP contribution >= 0.6 is 0 Å². The van der Waals surface area contributed by atoms with Crippen LogP contribution in [-0.2, 0) is 0 Å². The lowest BCUT2D eigenvalue weighted by Crippen LogP contribution is -1.89. The Hall–Kier alpha value is -7.62. The van der Waals surface area contributed by atoms with Crippen molar-refractivity contribution in [3.05, 3.63) is 248 Å². The zero-order valence-corrected chi connectivity index (χ0v) is 36.0. The summed E-state index contributed by atoms with van der Waals surface area (Å²) in [7, 11) is 0. The summed E-state index contributed by atoms with van der Waals surface area (Å²) in [6.45, 7) is 11.8. The number of nitrogens with zero attached hydrogens (tertiary/aromatic N) is 3. The molecule has 0 saturated heterocycles. The highest BCUT2D eigenvalue weighted by Gasteiger charge is 2.05. The van der Waals surface area contributed by atoms with Gasteiger partial charge in [-0.15, -0.1) is 0 Å². The smallest absolute Gasteiger partial charge is 0.131 e. The van der Waals surface area contributed by atoms with Crippen LogP contribution in [-0.4, -0.2) is 0 Å². The van der Waals surface area contributed by atoms with Gasteiger partial charge in [0.15, 0.2) is 0 Å². The fourth-order valence-corrected chi connectivity index (χ4v) is 4.50. The van der Waals surface area contributed by atoms with Gasteiger partial charge in [0.05, 0.1) is 34.9 Å². The predicted octanol–water partition coefficient (Wildman–Crippen LogP) is 14.8. The molecule has 0 N–H and O–H groups in total. The minimum atomic E-state index is -0.888. The Kier molecular flexibility index (Phi) is 24.5. The molecule has 0 aliphatic heterocycles. The molecule has 0 atom stereocenters. The molecule has 330 valence electrons. The van der Waals surface area contributed by atoms with Crippen LogP contribution in [0.1, 0.15) is 55.6 Å². The van der Waals surface area contributed by atoms with Gasteiger partial charge >= 0.3 is 0 Å². The van der Waals surface area contributed by atoms with Crippen molar-refractivity contribution >= 4 is 0 Å². The zero-order valence-electron chi connectivity index (χ0n) is 36.0. The first-order valence-electron chi connectivity index (χ1n) is 19.0. The van der Waals surface area contributed by atoms with Crippen LogP contribution in [0.2, 0.25) is 0 Å². The van der Waals surface area contributed by atoms with Gasteiger partial charge < -0.3 is 0 Å². The second kappa shape index (κ2) is 28.8. The summed E-state index contributed by atoms with van der Waals surface area (Å²) >= 11 is 0. The molecule has 0 spiro atoms. The Balaban J connectivity index is 0.000000373. The van der Waals surface area contributed by atoms with Crippen LogP contribution in [0.5, 0.6) is 0 Å². The molecule has 0 fully saturated rings. The van der Waals surface area contributed by atoms with Crippen molar-refractivity contribution in [3.8, 4) is 18.2 Å². The van der Waals surface area contributed by atoms with Gasteiger partial charge in [-0.2, -0.15) is 15.8 Å². The quantitative estimate of drug-likeness (QED) is 0.142. The van der Waals surface area contributed by atoms with Gasteiger partial charge in [-0.1, -0.05) is 60.2 Å². The molecule has 0 bridgehead atoms. The van der Waals surface area contributed by atoms with Crippen LogP contribution in [0, 0.1) is 135 Å². The molecule has 0 amide bonds. The fraction of sp³-hybridized carbons (Fsp3) is 0.135. The van der Waals surface area contributed by atoms with Crippen molar-refractivity contribution in [1.82, 2.24) is 0 Å². The number of halogens is 9. The number of aryl methyl sites for hydroxylation is 5. The van der Waals surface area contributed by atoms with E-state index < -0.39 is 52.4 Å². The average Bonchev–Trinajstić information content (AvgIpc) is 3.24. The summed E-state index contributed by atoms with van der Waals surface area (Å²) in [5, 5.41) is 25.3. The average molecular weight is 882 g/mol. The number of benzene rings is 7. The monoisotopic (exact) mass is 881 g/mol. The molecule has 7 rings (SSSR count). The van der Waals surface area contributed by atoms with E-state index in [9.17, 15) is 39.5 Å². The summed E-state index contributed by atoms with van der Waals surface area (Å²) in [6.07, 6.45) is 0. The van der Waals surface area contributed by atoms with Gasteiger partial charge in [0.2, 0.25) is 0 Å². The molecule has 7 aromatic rings. The summed E-state index contributed by atoms with van der Waals surface area (Å²) in [5.74, 6) is -5.63. The van der Waals surface area contributed by atoms with Crippen molar-refractivity contribution in [2.24, 2.45) is 0 Å². The van der Waals surface area contributed by atoms with Gasteiger partial charge in [0.1, 0.15) is 52.4 Å². The van der Waals surface area contributed by atoms with Crippen molar-refractivity contribution in [2.75, 3.05) is 0 Å². The van der Waals surface area contributed by atoms with Crippen LogP contribution < -0.4 is 0 Å². The van der Waals surface area contributed by atoms with Crippen LogP contribution in [0.25, 0.3) is 0 Å². The molecule has 12 heteroatoms. The normalized spacial score (nSPS) is 9.20. The lowest BCUT2D eigenvalue weighted by Gasteiger charge is -1.96. The Bertz CT molecular complexity index is 2580. The van der Waals surface area contributed by atoms with Gasteiger partial charge in [0.25, 0.3) is 0 Å². The molecule has 0 saturated carbocycles.